The van der Waals surface area contributed by atoms with Gasteiger partial charge in [0.05, 0.1) is 13.7 Å². The number of ether oxygens (including phenoxy) is 3. The highest BCUT2D eigenvalue weighted by Gasteiger charge is 2.15. The van der Waals surface area contributed by atoms with Crippen molar-refractivity contribution in [3.63, 3.8) is 0 Å². The van der Waals surface area contributed by atoms with E-state index in [2.05, 4.69) is 5.32 Å². The second-order valence-corrected chi connectivity index (χ2v) is 6.15. The number of fused-ring (bicyclic) bond motifs is 1. The molecule has 0 aliphatic carbocycles. The standard InChI is InChI=1S/C20H18ClNO6/c1-25-16-4-2-3-5-17(16)26-9-8-22-19(23)12-27-20(24)18-11-13-10-14(21)6-7-15(13)28-18/h2-7,10-11H,8-9,12H2,1H3,(H,22,23). The predicted molar refractivity (Wildman–Crippen MR) is 103 cm³/mol. The zero-order chi connectivity index (χ0) is 19.9. The molecule has 0 aliphatic heterocycles. The molecule has 3 aromatic rings. The number of para-hydroxylation sites is 2. The van der Waals surface area contributed by atoms with Crippen LogP contribution in [0.3, 0.4) is 0 Å². The van der Waals surface area contributed by atoms with Gasteiger partial charge in [-0.25, -0.2) is 4.79 Å². The van der Waals surface area contributed by atoms with Gasteiger partial charge in [-0.3, -0.25) is 4.79 Å². The molecule has 0 fully saturated rings. The second kappa shape index (κ2) is 9.14. The number of rotatable bonds is 8. The van der Waals surface area contributed by atoms with E-state index >= 15 is 0 Å². The van der Waals surface area contributed by atoms with Gasteiger partial charge in [-0.1, -0.05) is 23.7 Å². The minimum Gasteiger partial charge on any atom is -0.493 e. The van der Waals surface area contributed by atoms with Gasteiger partial charge in [0.2, 0.25) is 5.76 Å². The van der Waals surface area contributed by atoms with Crippen LogP contribution in [-0.4, -0.2) is 38.7 Å². The topological polar surface area (TPSA) is 87.0 Å². The van der Waals surface area contributed by atoms with Crippen molar-refractivity contribution in [3.05, 3.63) is 59.3 Å². The minimum atomic E-state index is -0.729. The van der Waals surface area contributed by atoms with Crippen molar-refractivity contribution >= 4 is 34.4 Å². The molecule has 0 atom stereocenters. The van der Waals surface area contributed by atoms with Crippen LogP contribution in [-0.2, 0) is 9.53 Å². The van der Waals surface area contributed by atoms with Gasteiger partial charge in [0.15, 0.2) is 18.1 Å². The SMILES string of the molecule is COc1ccccc1OCCNC(=O)COC(=O)c1cc2cc(Cl)ccc2o1. The Hall–Kier alpha value is -3.19. The fourth-order valence-corrected chi connectivity index (χ4v) is 2.64. The Labute approximate surface area is 166 Å². The molecule has 7 nitrogen and oxygen atoms in total. The fraction of sp³-hybridized carbons (Fsp3) is 0.200. The lowest BCUT2D eigenvalue weighted by atomic mass is 10.2. The summed E-state index contributed by atoms with van der Waals surface area (Å²) in [5.74, 6) is 0.0130. The number of hydrogen-bond acceptors (Lipinski definition) is 6. The number of benzene rings is 2. The molecule has 0 radical (unpaired) electrons. The maximum atomic E-state index is 12.0. The second-order valence-electron chi connectivity index (χ2n) is 5.72. The molecule has 0 bridgehead atoms. The van der Waals surface area contributed by atoms with Crippen LogP contribution in [0.2, 0.25) is 5.02 Å². The maximum absolute atomic E-state index is 12.0. The van der Waals surface area contributed by atoms with E-state index in [-0.39, 0.29) is 18.9 Å². The molecule has 0 saturated carbocycles. The summed E-state index contributed by atoms with van der Waals surface area (Å²) in [6.07, 6.45) is 0. The van der Waals surface area contributed by atoms with E-state index in [4.69, 9.17) is 30.2 Å². The summed E-state index contributed by atoms with van der Waals surface area (Å²) in [5, 5.41) is 3.81. The van der Waals surface area contributed by atoms with Crippen molar-refractivity contribution < 1.29 is 28.2 Å². The molecule has 1 aromatic heterocycles. The molecular weight excluding hydrogens is 386 g/mol. The summed E-state index contributed by atoms with van der Waals surface area (Å²) in [4.78, 5) is 23.8. The highest BCUT2D eigenvalue weighted by Crippen LogP contribution is 2.25. The van der Waals surface area contributed by atoms with Crippen LogP contribution < -0.4 is 14.8 Å². The lowest BCUT2D eigenvalue weighted by Crippen LogP contribution is -2.32. The average Bonchev–Trinajstić information content (AvgIpc) is 3.13. The summed E-state index contributed by atoms with van der Waals surface area (Å²) in [5.41, 5.74) is 0.509. The number of esters is 1. The van der Waals surface area contributed by atoms with Gasteiger partial charge in [0.25, 0.3) is 5.91 Å². The average molecular weight is 404 g/mol. The number of hydrogen-bond donors (Lipinski definition) is 1. The van der Waals surface area contributed by atoms with Gasteiger partial charge in [-0.05, 0) is 36.4 Å². The number of amides is 1. The molecule has 1 N–H and O–H groups in total. The summed E-state index contributed by atoms with van der Waals surface area (Å²) in [6.45, 7) is 0.0628. The van der Waals surface area contributed by atoms with Crippen LogP contribution in [0.5, 0.6) is 11.5 Å². The van der Waals surface area contributed by atoms with Crippen LogP contribution >= 0.6 is 11.6 Å². The largest absolute Gasteiger partial charge is 0.493 e. The Balaban J connectivity index is 1.41. The molecular formula is C20H18ClNO6. The van der Waals surface area contributed by atoms with Crippen LogP contribution in [0.1, 0.15) is 10.6 Å². The first kappa shape index (κ1) is 19.6. The molecule has 28 heavy (non-hydrogen) atoms. The van der Waals surface area contributed by atoms with Crippen molar-refractivity contribution in [3.8, 4) is 11.5 Å². The third kappa shape index (κ3) is 4.95. The number of carbonyl (C=O) groups is 2. The Morgan fingerprint density at radius 2 is 1.89 bits per heavy atom. The highest BCUT2D eigenvalue weighted by atomic mass is 35.5. The van der Waals surface area contributed by atoms with Crippen molar-refractivity contribution in [1.29, 1.82) is 0 Å². The summed E-state index contributed by atoms with van der Waals surface area (Å²) in [6, 6.07) is 13.7. The number of halogens is 1. The van der Waals surface area contributed by atoms with E-state index in [1.807, 2.05) is 12.1 Å². The van der Waals surface area contributed by atoms with E-state index in [9.17, 15) is 9.59 Å². The van der Waals surface area contributed by atoms with E-state index in [1.165, 1.54) is 6.07 Å². The van der Waals surface area contributed by atoms with Crippen LogP contribution in [0, 0.1) is 0 Å². The molecule has 0 spiro atoms. The van der Waals surface area contributed by atoms with Gasteiger partial charge >= 0.3 is 5.97 Å². The van der Waals surface area contributed by atoms with Gasteiger partial charge in [-0.15, -0.1) is 0 Å². The van der Waals surface area contributed by atoms with Crippen molar-refractivity contribution in [2.45, 2.75) is 0 Å². The van der Waals surface area contributed by atoms with E-state index in [0.29, 0.717) is 27.5 Å². The van der Waals surface area contributed by atoms with Crippen molar-refractivity contribution in [2.75, 3.05) is 26.9 Å². The minimum absolute atomic E-state index is 0.00423. The predicted octanol–water partition coefficient (Wildman–Crippen LogP) is 3.45. The maximum Gasteiger partial charge on any atom is 0.374 e. The molecule has 0 saturated heterocycles. The lowest BCUT2D eigenvalue weighted by Gasteiger charge is -2.10. The third-order valence-electron chi connectivity index (χ3n) is 3.76. The number of methoxy groups -OCH3 is 1. The van der Waals surface area contributed by atoms with Gasteiger partial charge in [-0.2, -0.15) is 0 Å². The Kier molecular flexibility index (Phi) is 6.39. The monoisotopic (exact) mass is 403 g/mol. The normalized spacial score (nSPS) is 10.5. The first-order valence-corrected chi connectivity index (χ1v) is 8.83. The van der Waals surface area contributed by atoms with E-state index in [1.54, 1.807) is 37.4 Å². The molecule has 1 heterocycles. The third-order valence-corrected chi connectivity index (χ3v) is 4.00. The lowest BCUT2D eigenvalue weighted by molar-refractivity contribution is -0.124. The molecule has 0 unspecified atom stereocenters. The zero-order valence-electron chi connectivity index (χ0n) is 15.1. The Morgan fingerprint density at radius 3 is 2.68 bits per heavy atom. The Morgan fingerprint density at radius 1 is 1.11 bits per heavy atom. The summed E-state index contributed by atoms with van der Waals surface area (Å²) < 4.78 is 21.1. The quantitative estimate of drug-likeness (QED) is 0.458. The fourth-order valence-electron chi connectivity index (χ4n) is 2.46. The molecule has 2 aromatic carbocycles. The van der Waals surface area contributed by atoms with Crippen molar-refractivity contribution in [2.24, 2.45) is 0 Å². The smallest absolute Gasteiger partial charge is 0.374 e. The van der Waals surface area contributed by atoms with Gasteiger partial charge in [0, 0.05) is 10.4 Å². The summed E-state index contributed by atoms with van der Waals surface area (Å²) >= 11 is 5.90. The zero-order valence-corrected chi connectivity index (χ0v) is 15.8. The van der Waals surface area contributed by atoms with Crippen LogP contribution in [0.15, 0.2) is 52.9 Å². The molecule has 1 amide bonds. The Bertz CT molecular complexity index is 984. The number of furan rings is 1. The summed E-state index contributed by atoms with van der Waals surface area (Å²) in [7, 11) is 1.55. The van der Waals surface area contributed by atoms with Gasteiger partial charge < -0.3 is 23.9 Å². The number of carbonyl (C=O) groups excluding carboxylic acids is 2. The van der Waals surface area contributed by atoms with Crippen molar-refractivity contribution in [1.82, 2.24) is 5.32 Å². The highest BCUT2D eigenvalue weighted by molar-refractivity contribution is 6.31. The van der Waals surface area contributed by atoms with Crippen LogP contribution in [0.25, 0.3) is 11.0 Å². The molecule has 146 valence electrons. The van der Waals surface area contributed by atoms with Gasteiger partial charge in [0.1, 0.15) is 12.2 Å². The van der Waals surface area contributed by atoms with E-state index < -0.39 is 18.5 Å². The number of nitrogens with one attached hydrogen (secondary N) is 1. The molecule has 0 aliphatic rings. The first-order chi connectivity index (χ1) is 13.6. The molecule has 3 rings (SSSR count). The molecule has 8 heteroatoms. The first-order valence-electron chi connectivity index (χ1n) is 8.45. The van der Waals surface area contributed by atoms with E-state index in [0.717, 1.165) is 0 Å². The van der Waals surface area contributed by atoms with Crippen LogP contribution in [0.4, 0.5) is 0 Å².